The van der Waals surface area contributed by atoms with Crippen molar-refractivity contribution < 1.29 is 4.79 Å². The molecule has 0 radical (unpaired) electrons. The third-order valence-corrected chi connectivity index (χ3v) is 4.88. The number of nitrogens with one attached hydrogen (secondary N) is 1. The second kappa shape index (κ2) is 7.62. The van der Waals surface area contributed by atoms with E-state index in [-0.39, 0.29) is 23.7 Å². The maximum atomic E-state index is 12.1. The van der Waals surface area contributed by atoms with Gasteiger partial charge >= 0.3 is 0 Å². The predicted octanol–water partition coefficient (Wildman–Crippen LogP) is 1.77. The number of nitrogens with zero attached hydrogens (tertiary/aromatic N) is 1. The van der Waals surface area contributed by atoms with Crippen LogP contribution in [0.1, 0.15) is 46.0 Å². The molecule has 2 rings (SSSR count). The number of halogens is 1. The van der Waals surface area contributed by atoms with E-state index in [4.69, 9.17) is 5.73 Å². The van der Waals surface area contributed by atoms with Gasteiger partial charge in [-0.05, 0) is 56.5 Å². The van der Waals surface area contributed by atoms with Crippen LogP contribution in [-0.4, -0.2) is 43.0 Å². The maximum absolute atomic E-state index is 12.1. The van der Waals surface area contributed by atoms with E-state index in [0.717, 1.165) is 38.3 Å². The second-order valence-electron chi connectivity index (χ2n) is 7.00. The summed E-state index contributed by atoms with van der Waals surface area (Å²) in [5.41, 5.74) is 6.01. The predicted molar refractivity (Wildman–Crippen MR) is 85.0 cm³/mol. The van der Waals surface area contributed by atoms with Crippen molar-refractivity contribution in [3.8, 4) is 0 Å². The van der Waals surface area contributed by atoms with Crippen LogP contribution in [0, 0.1) is 11.3 Å². The van der Waals surface area contributed by atoms with Gasteiger partial charge in [0.1, 0.15) is 0 Å². The number of rotatable bonds is 4. The van der Waals surface area contributed by atoms with E-state index in [1.54, 1.807) is 0 Å². The summed E-state index contributed by atoms with van der Waals surface area (Å²) in [5.74, 6) is 1.03. The number of likely N-dealkylation sites (tertiary alicyclic amines) is 1. The molecule has 1 heterocycles. The monoisotopic (exact) mass is 303 g/mol. The quantitative estimate of drug-likeness (QED) is 0.832. The maximum Gasteiger partial charge on any atom is 0.234 e. The van der Waals surface area contributed by atoms with Crippen LogP contribution in [0.4, 0.5) is 0 Å². The third kappa shape index (κ3) is 4.90. The number of carbonyl (C=O) groups is 1. The molecule has 1 saturated heterocycles. The summed E-state index contributed by atoms with van der Waals surface area (Å²) in [7, 11) is 0. The van der Waals surface area contributed by atoms with Crippen molar-refractivity contribution in [2.45, 2.75) is 52.0 Å². The first kappa shape index (κ1) is 17.7. The van der Waals surface area contributed by atoms with Gasteiger partial charge in [0.05, 0.1) is 6.54 Å². The van der Waals surface area contributed by atoms with Gasteiger partial charge in [0.15, 0.2) is 0 Å². The summed E-state index contributed by atoms with van der Waals surface area (Å²) in [4.78, 5) is 14.3. The van der Waals surface area contributed by atoms with Crippen LogP contribution in [0.25, 0.3) is 0 Å². The Hall–Kier alpha value is -0.320. The summed E-state index contributed by atoms with van der Waals surface area (Å²) in [5, 5.41) is 3.20. The summed E-state index contributed by atoms with van der Waals surface area (Å²) in [6.45, 7) is 7.73. The molecular formula is C15H30ClN3O. The van der Waals surface area contributed by atoms with E-state index < -0.39 is 0 Å². The lowest BCUT2D eigenvalue weighted by molar-refractivity contribution is -0.123. The molecule has 0 spiro atoms. The fourth-order valence-electron chi connectivity index (χ4n) is 3.31. The number of hydrogen-bond donors (Lipinski definition) is 2. The van der Waals surface area contributed by atoms with Gasteiger partial charge < -0.3 is 11.1 Å². The molecule has 0 bridgehead atoms. The zero-order chi connectivity index (χ0) is 13.9. The number of nitrogens with two attached hydrogens (primary N) is 1. The Bertz CT molecular complexity index is 318. The van der Waals surface area contributed by atoms with Crippen LogP contribution in [0.5, 0.6) is 0 Å². The van der Waals surface area contributed by atoms with Gasteiger partial charge in [-0.1, -0.05) is 13.8 Å². The van der Waals surface area contributed by atoms with Crippen LogP contribution in [0.2, 0.25) is 0 Å². The number of carbonyl (C=O) groups excluding carboxylic acids is 1. The molecule has 1 amide bonds. The van der Waals surface area contributed by atoms with Crippen LogP contribution in [0.3, 0.4) is 0 Å². The molecular weight excluding hydrogens is 274 g/mol. The Morgan fingerprint density at radius 1 is 1.35 bits per heavy atom. The van der Waals surface area contributed by atoms with E-state index in [2.05, 4.69) is 24.1 Å². The van der Waals surface area contributed by atoms with E-state index in [1.165, 1.54) is 12.8 Å². The Morgan fingerprint density at radius 3 is 2.55 bits per heavy atom. The lowest BCUT2D eigenvalue weighted by atomic mass is 9.87. The van der Waals surface area contributed by atoms with Crippen molar-refractivity contribution in [3.63, 3.8) is 0 Å². The molecule has 3 N–H and O–H groups in total. The van der Waals surface area contributed by atoms with Gasteiger partial charge in [0, 0.05) is 12.6 Å². The minimum absolute atomic E-state index is 0. The van der Waals surface area contributed by atoms with Crippen molar-refractivity contribution in [2.75, 3.05) is 26.2 Å². The summed E-state index contributed by atoms with van der Waals surface area (Å²) < 4.78 is 0. The first-order valence-electron chi connectivity index (χ1n) is 7.72. The van der Waals surface area contributed by atoms with E-state index in [0.29, 0.717) is 19.1 Å². The lowest BCUT2D eigenvalue weighted by Crippen LogP contribution is -2.43. The highest BCUT2D eigenvalue weighted by Crippen LogP contribution is 2.28. The molecule has 0 aromatic rings. The lowest BCUT2D eigenvalue weighted by Gasteiger charge is -2.28. The van der Waals surface area contributed by atoms with E-state index >= 15 is 0 Å². The molecule has 2 aliphatic rings. The minimum atomic E-state index is 0. The molecule has 20 heavy (non-hydrogen) atoms. The molecule has 4 nitrogen and oxygen atoms in total. The Labute approximate surface area is 129 Å². The summed E-state index contributed by atoms with van der Waals surface area (Å²) in [6, 6.07) is 0.409. The van der Waals surface area contributed by atoms with E-state index in [1.807, 2.05) is 0 Å². The standard InChI is InChI=1S/C15H29N3O.ClH/c1-12-3-5-13(6-4-12)17-14(19)9-18-8-7-15(2,10-16)11-18;/h12-13H,3-11,16H2,1-2H3,(H,17,19);1H. The highest BCUT2D eigenvalue weighted by Gasteiger charge is 2.33. The molecule has 1 atom stereocenters. The van der Waals surface area contributed by atoms with Crippen molar-refractivity contribution in [1.29, 1.82) is 0 Å². The highest BCUT2D eigenvalue weighted by molar-refractivity contribution is 5.85. The normalized spacial score (nSPS) is 34.5. The Kier molecular flexibility index (Phi) is 6.76. The fraction of sp³-hybridized carbons (Fsp3) is 0.933. The van der Waals surface area contributed by atoms with E-state index in [9.17, 15) is 4.79 Å². The van der Waals surface area contributed by atoms with Gasteiger partial charge in [-0.3, -0.25) is 9.69 Å². The molecule has 1 aliphatic heterocycles. The number of amides is 1. The second-order valence-corrected chi connectivity index (χ2v) is 7.00. The Balaban J connectivity index is 0.00000200. The van der Waals surface area contributed by atoms with Crippen LogP contribution in [0.15, 0.2) is 0 Å². The smallest absolute Gasteiger partial charge is 0.234 e. The van der Waals surface area contributed by atoms with Gasteiger partial charge in [0.2, 0.25) is 5.91 Å². The van der Waals surface area contributed by atoms with Crippen LogP contribution < -0.4 is 11.1 Å². The van der Waals surface area contributed by atoms with Crippen molar-refractivity contribution in [2.24, 2.45) is 17.1 Å². The first-order chi connectivity index (χ1) is 9.00. The molecule has 0 aromatic heterocycles. The minimum Gasteiger partial charge on any atom is -0.352 e. The van der Waals surface area contributed by atoms with Crippen LogP contribution >= 0.6 is 12.4 Å². The highest BCUT2D eigenvalue weighted by atomic mass is 35.5. The number of hydrogen-bond acceptors (Lipinski definition) is 3. The fourth-order valence-corrected chi connectivity index (χ4v) is 3.31. The molecule has 5 heteroatoms. The van der Waals surface area contributed by atoms with Gasteiger partial charge in [0.25, 0.3) is 0 Å². The topological polar surface area (TPSA) is 58.4 Å². The zero-order valence-electron chi connectivity index (χ0n) is 12.9. The van der Waals surface area contributed by atoms with Gasteiger partial charge in [-0.15, -0.1) is 12.4 Å². The van der Waals surface area contributed by atoms with Crippen molar-refractivity contribution in [1.82, 2.24) is 10.2 Å². The van der Waals surface area contributed by atoms with Crippen molar-refractivity contribution >= 4 is 18.3 Å². The largest absolute Gasteiger partial charge is 0.352 e. The van der Waals surface area contributed by atoms with Gasteiger partial charge in [-0.2, -0.15) is 0 Å². The molecule has 1 aliphatic carbocycles. The first-order valence-corrected chi connectivity index (χ1v) is 7.72. The summed E-state index contributed by atoms with van der Waals surface area (Å²) in [6.07, 6.45) is 5.90. The third-order valence-electron chi connectivity index (χ3n) is 4.88. The average Bonchev–Trinajstić information content (AvgIpc) is 2.74. The molecule has 0 aromatic carbocycles. The average molecular weight is 304 g/mol. The SMILES string of the molecule is CC1CCC(NC(=O)CN2CCC(C)(CN)C2)CC1.Cl. The zero-order valence-corrected chi connectivity index (χ0v) is 13.7. The van der Waals surface area contributed by atoms with Crippen LogP contribution in [-0.2, 0) is 4.79 Å². The molecule has 2 fully saturated rings. The molecule has 1 unspecified atom stereocenters. The Morgan fingerprint density at radius 2 is 2.00 bits per heavy atom. The molecule has 1 saturated carbocycles. The van der Waals surface area contributed by atoms with Gasteiger partial charge in [-0.25, -0.2) is 0 Å². The summed E-state index contributed by atoms with van der Waals surface area (Å²) >= 11 is 0. The molecule has 118 valence electrons. The van der Waals surface area contributed by atoms with Crippen molar-refractivity contribution in [3.05, 3.63) is 0 Å².